The van der Waals surface area contributed by atoms with Crippen LogP contribution < -0.4 is 10.1 Å². The van der Waals surface area contributed by atoms with Crippen molar-refractivity contribution in [3.8, 4) is 5.75 Å². The molecule has 3 heteroatoms. The number of carbonyl (C=O) groups is 1. The van der Waals surface area contributed by atoms with Gasteiger partial charge in [0.1, 0.15) is 5.75 Å². The zero-order chi connectivity index (χ0) is 14.1. The summed E-state index contributed by atoms with van der Waals surface area (Å²) in [5.41, 5.74) is 1.21. The average molecular weight is 263 g/mol. The summed E-state index contributed by atoms with van der Waals surface area (Å²) in [5.74, 6) is 0.941. The Morgan fingerprint density at radius 1 is 1.32 bits per heavy atom. The first-order chi connectivity index (χ1) is 9.11. The number of ether oxygens (including phenoxy) is 1. The van der Waals surface area contributed by atoms with Gasteiger partial charge in [0.25, 0.3) is 0 Å². The van der Waals surface area contributed by atoms with E-state index in [-0.39, 0.29) is 12.0 Å². The second-order valence-electron chi connectivity index (χ2n) is 4.95. The van der Waals surface area contributed by atoms with Crippen molar-refractivity contribution in [2.45, 2.75) is 52.6 Å². The van der Waals surface area contributed by atoms with E-state index in [4.69, 9.17) is 4.74 Å². The highest BCUT2D eigenvalue weighted by molar-refractivity contribution is 5.72. The molecule has 106 valence electrons. The highest BCUT2D eigenvalue weighted by atomic mass is 16.5. The Labute approximate surface area is 116 Å². The Kier molecular flexibility index (Phi) is 7.01. The second-order valence-corrected chi connectivity index (χ2v) is 4.95. The van der Waals surface area contributed by atoms with E-state index in [1.165, 1.54) is 25.3 Å². The fourth-order valence-electron chi connectivity index (χ4n) is 1.90. The van der Waals surface area contributed by atoms with E-state index in [0.29, 0.717) is 6.54 Å². The minimum absolute atomic E-state index is 0.0182. The smallest absolute Gasteiger partial charge is 0.216 e. The Morgan fingerprint density at radius 3 is 2.58 bits per heavy atom. The van der Waals surface area contributed by atoms with E-state index in [1.807, 2.05) is 12.1 Å². The molecule has 1 atom stereocenters. The molecule has 0 fully saturated rings. The number of amides is 1. The lowest BCUT2D eigenvalue weighted by Gasteiger charge is -2.14. The van der Waals surface area contributed by atoms with Crippen LogP contribution in [0, 0.1) is 0 Å². The molecule has 1 unspecified atom stereocenters. The van der Waals surface area contributed by atoms with Crippen molar-refractivity contribution in [1.29, 1.82) is 0 Å². The van der Waals surface area contributed by atoms with Gasteiger partial charge in [-0.15, -0.1) is 0 Å². The molecule has 0 aliphatic heterocycles. The van der Waals surface area contributed by atoms with Crippen LogP contribution in [0.4, 0.5) is 0 Å². The van der Waals surface area contributed by atoms with E-state index in [0.717, 1.165) is 18.6 Å². The van der Waals surface area contributed by atoms with Crippen LogP contribution in [0.1, 0.15) is 45.6 Å². The number of benzene rings is 1. The van der Waals surface area contributed by atoms with Crippen molar-refractivity contribution in [3.63, 3.8) is 0 Å². The first kappa shape index (κ1) is 15.5. The fraction of sp³-hybridized carbons (Fsp3) is 0.562. The van der Waals surface area contributed by atoms with Crippen LogP contribution in [0.25, 0.3) is 0 Å². The summed E-state index contributed by atoms with van der Waals surface area (Å²) in [6.45, 7) is 6.52. The van der Waals surface area contributed by atoms with Gasteiger partial charge in [-0.2, -0.15) is 0 Å². The third-order valence-electron chi connectivity index (χ3n) is 3.01. The molecule has 0 radical (unpaired) electrons. The summed E-state index contributed by atoms with van der Waals surface area (Å²) in [5, 5.41) is 2.79. The molecule has 0 saturated heterocycles. The van der Waals surface area contributed by atoms with Crippen LogP contribution in [0.3, 0.4) is 0 Å². The molecule has 0 aliphatic carbocycles. The molecule has 0 bridgehead atoms. The van der Waals surface area contributed by atoms with Gasteiger partial charge in [-0.05, 0) is 37.5 Å². The molecular formula is C16H25NO2. The lowest BCUT2D eigenvalue weighted by atomic mass is 10.1. The summed E-state index contributed by atoms with van der Waals surface area (Å²) >= 11 is 0. The largest absolute Gasteiger partial charge is 0.491 e. The maximum absolute atomic E-state index is 10.8. The molecule has 1 aromatic rings. The second kappa shape index (κ2) is 8.57. The van der Waals surface area contributed by atoms with Crippen LogP contribution in [0.15, 0.2) is 24.3 Å². The van der Waals surface area contributed by atoms with Gasteiger partial charge < -0.3 is 10.1 Å². The maximum atomic E-state index is 10.8. The molecule has 0 aliphatic rings. The van der Waals surface area contributed by atoms with Crippen LogP contribution in [0.2, 0.25) is 0 Å². The minimum Gasteiger partial charge on any atom is -0.491 e. The summed E-state index contributed by atoms with van der Waals surface area (Å²) in [6, 6.07) is 8.13. The average Bonchev–Trinajstić information content (AvgIpc) is 2.38. The quantitative estimate of drug-likeness (QED) is 0.781. The van der Waals surface area contributed by atoms with Crippen LogP contribution in [0.5, 0.6) is 5.75 Å². The molecule has 3 nitrogen and oxygen atoms in total. The highest BCUT2D eigenvalue weighted by Gasteiger charge is 2.03. The third kappa shape index (κ3) is 6.85. The monoisotopic (exact) mass is 263 g/mol. The van der Waals surface area contributed by atoms with Crippen molar-refractivity contribution >= 4 is 5.91 Å². The number of hydrogen-bond donors (Lipinski definition) is 1. The van der Waals surface area contributed by atoms with Gasteiger partial charge in [-0.3, -0.25) is 4.79 Å². The summed E-state index contributed by atoms with van der Waals surface area (Å²) in [7, 11) is 0. The van der Waals surface area contributed by atoms with Gasteiger partial charge in [0.05, 0.1) is 6.10 Å². The lowest BCUT2D eigenvalue weighted by Crippen LogP contribution is -2.22. The molecule has 1 amide bonds. The molecule has 1 N–H and O–H groups in total. The summed E-state index contributed by atoms with van der Waals surface area (Å²) in [4.78, 5) is 10.8. The molecule has 0 saturated carbocycles. The van der Waals surface area contributed by atoms with E-state index in [9.17, 15) is 4.79 Å². The maximum Gasteiger partial charge on any atom is 0.216 e. The van der Waals surface area contributed by atoms with Crippen molar-refractivity contribution in [2.24, 2.45) is 0 Å². The first-order valence-electron chi connectivity index (χ1n) is 7.12. The molecule has 19 heavy (non-hydrogen) atoms. The van der Waals surface area contributed by atoms with Crippen LogP contribution in [-0.4, -0.2) is 18.6 Å². The van der Waals surface area contributed by atoms with Gasteiger partial charge in [0.2, 0.25) is 5.91 Å². The number of carbonyl (C=O) groups excluding carboxylic acids is 1. The van der Waals surface area contributed by atoms with Crippen molar-refractivity contribution in [3.05, 3.63) is 29.8 Å². The Balaban J connectivity index is 2.36. The van der Waals surface area contributed by atoms with Gasteiger partial charge in [0, 0.05) is 13.5 Å². The van der Waals surface area contributed by atoms with Crippen LogP contribution >= 0.6 is 0 Å². The van der Waals surface area contributed by atoms with E-state index in [2.05, 4.69) is 31.3 Å². The molecule has 1 aromatic carbocycles. The fourth-order valence-corrected chi connectivity index (χ4v) is 1.90. The van der Waals surface area contributed by atoms with Gasteiger partial charge in [0.15, 0.2) is 0 Å². The summed E-state index contributed by atoms with van der Waals surface area (Å²) < 4.78 is 5.84. The van der Waals surface area contributed by atoms with Gasteiger partial charge in [-0.25, -0.2) is 0 Å². The zero-order valence-electron chi connectivity index (χ0n) is 12.2. The van der Waals surface area contributed by atoms with Crippen molar-refractivity contribution in [1.82, 2.24) is 5.32 Å². The van der Waals surface area contributed by atoms with E-state index < -0.39 is 0 Å². The van der Waals surface area contributed by atoms with Crippen LogP contribution in [-0.2, 0) is 11.2 Å². The van der Waals surface area contributed by atoms with Crippen molar-refractivity contribution in [2.75, 3.05) is 6.54 Å². The predicted molar refractivity (Wildman–Crippen MR) is 78.4 cm³/mol. The Hall–Kier alpha value is -1.51. The molecule has 0 aromatic heterocycles. The molecule has 1 rings (SSSR count). The topological polar surface area (TPSA) is 38.3 Å². The number of rotatable bonds is 8. The number of nitrogens with one attached hydrogen (secondary N) is 1. The molecular weight excluding hydrogens is 238 g/mol. The summed E-state index contributed by atoms with van der Waals surface area (Å²) in [6.07, 6.45) is 4.63. The standard InChI is InChI=1S/C16H25NO2/c1-4-5-6-13(2)19-16-9-7-15(8-10-16)11-12-17-14(3)18/h7-10,13H,4-6,11-12H2,1-3H3,(H,17,18). The first-order valence-corrected chi connectivity index (χ1v) is 7.12. The number of hydrogen-bond acceptors (Lipinski definition) is 2. The third-order valence-corrected chi connectivity index (χ3v) is 3.01. The Bertz CT molecular complexity index is 373. The lowest BCUT2D eigenvalue weighted by molar-refractivity contribution is -0.118. The number of unbranched alkanes of at least 4 members (excludes halogenated alkanes) is 1. The molecule has 0 spiro atoms. The highest BCUT2D eigenvalue weighted by Crippen LogP contribution is 2.16. The minimum atomic E-state index is 0.0182. The van der Waals surface area contributed by atoms with Crippen molar-refractivity contribution < 1.29 is 9.53 Å². The van der Waals surface area contributed by atoms with Gasteiger partial charge in [-0.1, -0.05) is 31.9 Å². The van der Waals surface area contributed by atoms with E-state index >= 15 is 0 Å². The predicted octanol–water partition coefficient (Wildman–Crippen LogP) is 3.32. The SMILES string of the molecule is CCCCC(C)Oc1ccc(CCNC(C)=O)cc1. The van der Waals surface area contributed by atoms with Gasteiger partial charge >= 0.3 is 0 Å². The Morgan fingerprint density at radius 2 is 2.00 bits per heavy atom. The van der Waals surface area contributed by atoms with E-state index in [1.54, 1.807) is 0 Å². The normalized spacial score (nSPS) is 11.9. The zero-order valence-corrected chi connectivity index (χ0v) is 12.2. The molecule has 0 heterocycles.